The van der Waals surface area contributed by atoms with Crippen molar-refractivity contribution in [2.45, 2.75) is 51.2 Å². The van der Waals surface area contributed by atoms with Gasteiger partial charge in [0, 0.05) is 11.8 Å². The molecular formula is C11H21NO2S. The van der Waals surface area contributed by atoms with Crippen molar-refractivity contribution in [2.24, 2.45) is 5.92 Å². The summed E-state index contributed by atoms with van der Waals surface area (Å²) in [6, 6.07) is 0. The molecule has 1 aliphatic rings. The lowest BCUT2D eigenvalue weighted by Crippen LogP contribution is -2.28. The van der Waals surface area contributed by atoms with E-state index in [9.17, 15) is 4.79 Å². The summed E-state index contributed by atoms with van der Waals surface area (Å²) in [4.78, 5) is 10.9. The van der Waals surface area contributed by atoms with Gasteiger partial charge in [0.1, 0.15) is 0 Å². The minimum absolute atomic E-state index is 0.432. The largest absolute Gasteiger partial charge is 0.464 e. The average molecular weight is 231 g/mol. The molecule has 15 heavy (non-hydrogen) atoms. The second kappa shape index (κ2) is 6.26. The first-order valence-electron chi connectivity index (χ1n) is 5.82. The maximum absolute atomic E-state index is 10.9. The molecule has 1 atom stereocenters. The first-order valence-corrected chi connectivity index (χ1v) is 6.66. The van der Waals surface area contributed by atoms with E-state index in [2.05, 4.69) is 6.92 Å². The lowest BCUT2D eigenvalue weighted by molar-refractivity contribution is 0.176. The molecule has 4 heteroatoms. The van der Waals surface area contributed by atoms with Gasteiger partial charge in [-0.05, 0) is 37.6 Å². The van der Waals surface area contributed by atoms with Crippen LogP contribution in [0.15, 0.2) is 0 Å². The molecule has 0 spiro atoms. The van der Waals surface area contributed by atoms with Gasteiger partial charge < -0.3 is 5.11 Å². The predicted octanol–water partition coefficient (Wildman–Crippen LogP) is 3.60. The van der Waals surface area contributed by atoms with E-state index in [1.165, 1.54) is 48.4 Å². The zero-order valence-electron chi connectivity index (χ0n) is 9.61. The third kappa shape index (κ3) is 3.93. The van der Waals surface area contributed by atoms with Gasteiger partial charge in [-0.25, -0.2) is 4.79 Å². The van der Waals surface area contributed by atoms with Crippen LogP contribution in [0.2, 0.25) is 0 Å². The Balaban J connectivity index is 2.38. The monoisotopic (exact) mass is 231 g/mol. The Bertz CT molecular complexity index is 205. The van der Waals surface area contributed by atoms with E-state index in [-0.39, 0.29) is 0 Å². The van der Waals surface area contributed by atoms with Gasteiger partial charge in [0.2, 0.25) is 0 Å². The molecule has 3 nitrogen and oxygen atoms in total. The Hall–Kier alpha value is -0.380. The van der Waals surface area contributed by atoms with Crippen LogP contribution in [0.25, 0.3) is 0 Å². The van der Waals surface area contributed by atoms with Crippen molar-refractivity contribution in [3.8, 4) is 0 Å². The summed E-state index contributed by atoms with van der Waals surface area (Å²) < 4.78 is 1.44. The number of amides is 1. The quantitative estimate of drug-likeness (QED) is 0.751. The molecular weight excluding hydrogens is 210 g/mol. The van der Waals surface area contributed by atoms with Crippen molar-refractivity contribution in [3.63, 3.8) is 0 Å². The Labute approximate surface area is 96.4 Å². The van der Waals surface area contributed by atoms with Crippen LogP contribution >= 0.6 is 11.9 Å². The molecule has 0 heterocycles. The number of rotatable bonds is 4. The second-order valence-electron chi connectivity index (χ2n) is 4.19. The van der Waals surface area contributed by atoms with E-state index in [4.69, 9.17) is 5.11 Å². The molecule has 1 rings (SSSR count). The maximum Gasteiger partial charge on any atom is 0.417 e. The van der Waals surface area contributed by atoms with Crippen LogP contribution in [-0.2, 0) is 0 Å². The third-order valence-corrected chi connectivity index (χ3v) is 4.49. The highest BCUT2D eigenvalue weighted by Crippen LogP contribution is 2.33. The van der Waals surface area contributed by atoms with Gasteiger partial charge in [0.15, 0.2) is 0 Å². The van der Waals surface area contributed by atoms with Crippen molar-refractivity contribution < 1.29 is 9.90 Å². The summed E-state index contributed by atoms with van der Waals surface area (Å²) in [7, 11) is 0. The minimum atomic E-state index is -0.815. The van der Waals surface area contributed by atoms with Crippen LogP contribution in [-0.4, -0.2) is 27.3 Å². The zero-order valence-corrected chi connectivity index (χ0v) is 10.4. The number of hydrogen-bond donors (Lipinski definition) is 1. The molecule has 0 aromatic heterocycles. The summed E-state index contributed by atoms with van der Waals surface area (Å²) in [5.74, 6) is 0.706. The third-order valence-electron chi connectivity index (χ3n) is 3.11. The van der Waals surface area contributed by atoms with Gasteiger partial charge in [0.25, 0.3) is 0 Å². The van der Waals surface area contributed by atoms with Crippen LogP contribution in [0.3, 0.4) is 0 Å². The number of nitrogens with zero attached hydrogens (tertiary/aromatic N) is 1. The summed E-state index contributed by atoms with van der Waals surface area (Å²) in [6.07, 6.45) is 5.70. The normalized spacial score (nSPS) is 19.9. The zero-order chi connectivity index (χ0) is 11.3. The molecule has 1 aliphatic carbocycles. The molecule has 88 valence electrons. The molecule has 0 unspecified atom stereocenters. The molecule has 0 aliphatic heterocycles. The molecule has 0 aromatic carbocycles. The minimum Gasteiger partial charge on any atom is -0.464 e. The number of carboxylic acid groups (broad SMARTS) is 1. The van der Waals surface area contributed by atoms with Crippen molar-refractivity contribution in [1.29, 1.82) is 0 Å². The van der Waals surface area contributed by atoms with E-state index in [0.29, 0.717) is 17.7 Å². The fourth-order valence-electron chi connectivity index (χ4n) is 2.15. The fraction of sp³-hybridized carbons (Fsp3) is 0.909. The molecule has 0 aromatic rings. The van der Waals surface area contributed by atoms with Crippen molar-refractivity contribution >= 4 is 18.0 Å². The standard InChI is InChI=1S/C11H21NO2S/c1-3-12(11(13)14)15-9(2)10-7-5-4-6-8-10/h9-10H,3-8H2,1-2H3,(H,13,14)/t9-/m0/s1. The summed E-state index contributed by atoms with van der Waals surface area (Å²) in [6.45, 7) is 4.61. The Morgan fingerprint density at radius 1 is 1.47 bits per heavy atom. The highest BCUT2D eigenvalue weighted by molar-refractivity contribution is 7.98. The van der Waals surface area contributed by atoms with Crippen molar-refractivity contribution in [3.05, 3.63) is 0 Å². The Morgan fingerprint density at radius 3 is 2.53 bits per heavy atom. The molecule has 0 bridgehead atoms. The van der Waals surface area contributed by atoms with Gasteiger partial charge >= 0.3 is 6.09 Å². The van der Waals surface area contributed by atoms with Gasteiger partial charge in [-0.2, -0.15) is 0 Å². The van der Waals surface area contributed by atoms with E-state index in [1.54, 1.807) is 0 Å². The summed E-state index contributed by atoms with van der Waals surface area (Å²) >= 11 is 1.49. The molecule has 0 saturated heterocycles. The van der Waals surface area contributed by atoms with Crippen molar-refractivity contribution in [1.82, 2.24) is 4.31 Å². The predicted molar refractivity (Wildman–Crippen MR) is 64.0 cm³/mol. The molecule has 1 saturated carbocycles. The van der Waals surface area contributed by atoms with E-state index < -0.39 is 6.09 Å². The molecule has 1 N–H and O–H groups in total. The Kier molecular flexibility index (Phi) is 5.29. The fourth-order valence-corrected chi connectivity index (χ4v) is 3.23. The molecule has 0 radical (unpaired) electrons. The average Bonchev–Trinajstić information content (AvgIpc) is 2.26. The van der Waals surface area contributed by atoms with E-state index >= 15 is 0 Å². The van der Waals surface area contributed by atoms with Crippen LogP contribution in [0.4, 0.5) is 4.79 Å². The number of hydrogen-bond acceptors (Lipinski definition) is 2. The first-order chi connectivity index (χ1) is 7.15. The smallest absolute Gasteiger partial charge is 0.417 e. The molecule has 1 amide bonds. The van der Waals surface area contributed by atoms with Crippen LogP contribution in [0, 0.1) is 5.92 Å². The topological polar surface area (TPSA) is 40.5 Å². The highest BCUT2D eigenvalue weighted by atomic mass is 32.2. The maximum atomic E-state index is 10.9. The van der Waals surface area contributed by atoms with Gasteiger partial charge in [-0.3, -0.25) is 4.31 Å². The van der Waals surface area contributed by atoms with Crippen LogP contribution in [0.1, 0.15) is 46.0 Å². The summed E-state index contributed by atoms with van der Waals surface area (Å²) in [5, 5.41) is 9.36. The van der Waals surface area contributed by atoms with Crippen molar-refractivity contribution in [2.75, 3.05) is 6.54 Å². The van der Waals surface area contributed by atoms with Gasteiger partial charge in [-0.15, -0.1) is 0 Å². The van der Waals surface area contributed by atoms with Gasteiger partial charge in [0.05, 0.1) is 0 Å². The summed E-state index contributed by atoms with van der Waals surface area (Å²) in [5.41, 5.74) is 0. The van der Waals surface area contributed by atoms with Crippen LogP contribution in [0.5, 0.6) is 0 Å². The SMILES string of the molecule is CCN(S[C@@H](C)C1CCCCC1)C(=O)O. The Morgan fingerprint density at radius 2 is 2.07 bits per heavy atom. The highest BCUT2D eigenvalue weighted by Gasteiger charge is 2.24. The van der Waals surface area contributed by atoms with Crippen LogP contribution < -0.4 is 0 Å². The van der Waals surface area contributed by atoms with Gasteiger partial charge in [-0.1, -0.05) is 26.2 Å². The molecule has 1 fully saturated rings. The number of carbonyl (C=O) groups is 1. The lowest BCUT2D eigenvalue weighted by Gasteiger charge is -2.29. The van der Waals surface area contributed by atoms with E-state index in [0.717, 1.165) is 0 Å². The second-order valence-corrected chi connectivity index (χ2v) is 5.58. The van der Waals surface area contributed by atoms with E-state index in [1.807, 2.05) is 6.92 Å². The first kappa shape index (κ1) is 12.7. The lowest BCUT2D eigenvalue weighted by atomic mass is 9.87.